The Morgan fingerprint density at radius 1 is 1.19 bits per heavy atom. The summed E-state index contributed by atoms with van der Waals surface area (Å²) in [5.74, 6) is 0.0943. The number of carbonyl (C=O) groups is 1. The lowest BCUT2D eigenvalue weighted by molar-refractivity contribution is -0.133. The van der Waals surface area contributed by atoms with Crippen molar-refractivity contribution < 1.29 is 19.0 Å². The van der Waals surface area contributed by atoms with Crippen LogP contribution in [0.15, 0.2) is 24.3 Å². The van der Waals surface area contributed by atoms with Crippen molar-refractivity contribution in [2.75, 3.05) is 45.9 Å². The third-order valence-electron chi connectivity index (χ3n) is 3.53. The molecule has 0 radical (unpaired) electrons. The molecule has 21 heavy (non-hydrogen) atoms. The number of amides is 1. The number of carbonyl (C=O) groups excluding carboxylic acids is 1. The number of hydrogen-bond acceptors (Lipinski definition) is 4. The topological polar surface area (TPSA) is 53.0 Å². The molecule has 1 fully saturated rings. The van der Waals surface area contributed by atoms with Gasteiger partial charge in [-0.3, -0.25) is 9.69 Å². The van der Waals surface area contributed by atoms with Crippen LogP contribution in [0, 0.1) is 5.82 Å². The molecule has 0 aromatic heterocycles. The SMILES string of the molecule is O=C(COc1ccc(F)cc1)N1CCCN(CCO)CC1. The second-order valence-electron chi connectivity index (χ2n) is 5.04. The molecular weight excluding hydrogens is 275 g/mol. The lowest BCUT2D eigenvalue weighted by atomic mass is 10.3. The molecule has 1 heterocycles. The van der Waals surface area contributed by atoms with Gasteiger partial charge in [0.15, 0.2) is 6.61 Å². The Balaban J connectivity index is 1.79. The zero-order chi connectivity index (χ0) is 15.1. The van der Waals surface area contributed by atoms with E-state index in [0.29, 0.717) is 25.4 Å². The van der Waals surface area contributed by atoms with Gasteiger partial charge in [-0.2, -0.15) is 0 Å². The molecule has 1 aromatic rings. The molecule has 1 aliphatic rings. The third-order valence-corrected chi connectivity index (χ3v) is 3.53. The Labute approximate surface area is 123 Å². The molecule has 1 saturated heterocycles. The Bertz CT molecular complexity index is 453. The Hall–Kier alpha value is -1.66. The molecule has 0 saturated carbocycles. The number of nitrogens with zero attached hydrogens (tertiary/aromatic N) is 2. The third kappa shape index (κ3) is 4.99. The highest BCUT2D eigenvalue weighted by atomic mass is 19.1. The number of aliphatic hydroxyl groups is 1. The second kappa shape index (κ2) is 7.95. The van der Waals surface area contributed by atoms with Crippen molar-refractivity contribution in [3.63, 3.8) is 0 Å². The van der Waals surface area contributed by atoms with Crippen molar-refractivity contribution >= 4 is 5.91 Å². The Morgan fingerprint density at radius 2 is 1.95 bits per heavy atom. The van der Waals surface area contributed by atoms with Crippen LogP contribution in [-0.2, 0) is 4.79 Å². The van der Waals surface area contributed by atoms with Crippen LogP contribution >= 0.6 is 0 Å². The van der Waals surface area contributed by atoms with Crippen LogP contribution in [0.4, 0.5) is 4.39 Å². The smallest absolute Gasteiger partial charge is 0.260 e. The van der Waals surface area contributed by atoms with Crippen LogP contribution in [0.3, 0.4) is 0 Å². The summed E-state index contributed by atoms with van der Waals surface area (Å²) in [5, 5.41) is 8.95. The van der Waals surface area contributed by atoms with Gasteiger partial charge in [-0.25, -0.2) is 4.39 Å². The lowest BCUT2D eigenvalue weighted by Crippen LogP contribution is -2.38. The highest BCUT2D eigenvalue weighted by Crippen LogP contribution is 2.11. The molecule has 116 valence electrons. The molecule has 1 aromatic carbocycles. The van der Waals surface area contributed by atoms with Gasteiger partial charge in [0.2, 0.25) is 0 Å². The maximum Gasteiger partial charge on any atom is 0.260 e. The van der Waals surface area contributed by atoms with Gasteiger partial charge in [-0.15, -0.1) is 0 Å². The van der Waals surface area contributed by atoms with Crippen molar-refractivity contribution in [2.24, 2.45) is 0 Å². The van der Waals surface area contributed by atoms with E-state index in [1.165, 1.54) is 24.3 Å². The van der Waals surface area contributed by atoms with Crippen LogP contribution < -0.4 is 4.74 Å². The molecule has 0 unspecified atom stereocenters. The molecule has 2 rings (SSSR count). The summed E-state index contributed by atoms with van der Waals surface area (Å²) in [4.78, 5) is 16.0. The summed E-state index contributed by atoms with van der Waals surface area (Å²) in [5.41, 5.74) is 0. The van der Waals surface area contributed by atoms with Gasteiger partial charge < -0.3 is 14.7 Å². The van der Waals surface area contributed by atoms with Gasteiger partial charge in [0, 0.05) is 26.2 Å². The van der Waals surface area contributed by atoms with Crippen molar-refractivity contribution in [1.29, 1.82) is 0 Å². The molecule has 0 spiro atoms. The molecule has 1 amide bonds. The first-order chi connectivity index (χ1) is 10.2. The minimum absolute atomic E-state index is 0.0361. The highest BCUT2D eigenvalue weighted by Gasteiger charge is 2.19. The second-order valence-corrected chi connectivity index (χ2v) is 5.04. The molecule has 1 N–H and O–H groups in total. The molecule has 5 nitrogen and oxygen atoms in total. The maximum atomic E-state index is 12.8. The van der Waals surface area contributed by atoms with Gasteiger partial charge in [0.1, 0.15) is 11.6 Å². The molecule has 0 aliphatic carbocycles. The quantitative estimate of drug-likeness (QED) is 0.870. The van der Waals surface area contributed by atoms with Crippen molar-refractivity contribution in [2.45, 2.75) is 6.42 Å². The highest BCUT2D eigenvalue weighted by molar-refractivity contribution is 5.77. The van der Waals surface area contributed by atoms with Crippen LogP contribution in [-0.4, -0.2) is 66.8 Å². The van der Waals surface area contributed by atoms with E-state index in [0.717, 1.165) is 19.5 Å². The van der Waals surface area contributed by atoms with E-state index in [-0.39, 0.29) is 24.9 Å². The Kier molecular flexibility index (Phi) is 5.95. The van der Waals surface area contributed by atoms with Gasteiger partial charge in [-0.1, -0.05) is 0 Å². The monoisotopic (exact) mass is 296 g/mol. The largest absolute Gasteiger partial charge is 0.484 e. The number of aliphatic hydroxyl groups excluding tert-OH is 1. The normalized spacial score (nSPS) is 16.6. The maximum absolute atomic E-state index is 12.8. The van der Waals surface area contributed by atoms with E-state index < -0.39 is 0 Å². The number of ether oxygens (including phenoxy) is 1. The van der Waals surface area contributed by atoms with E-state index in [1.807, 2.05) is 0 Å². The summed E-state index contributed by atoms with van der Waals surface area (Å²) in [6, 6.07) is 5.62. The molecule has 0 bridgehead atoms. The summed E-state index contributed by atoms with van der Waals surface area (Å²) in [6.07, 6.45) is 0.891. The zero-order valence-electron chi connectivity index (χ0n) is 12.0. The van der Waals surface area contributed by atoms with Crippen molar-refractivity contribution in [1.82, 2.24) is 9.80 Å². The predicted molar refractivity (Wildman–Crippen MR) is 76.6 cm³/mol. The predicted octanol–water partition coefficient (Wildman–Crippen LogP) is 0.731. The number of hydrogen-bond donors (Lipinski definition) is 1. The first-order valence-electron chi connectivity index (χ1n) is 7.18. The van der Waals surface area contributed by atoms with Crippen LogP contribution in [0.1, 0.15) is 6.42 Å². The first kappa shape index (κ1) is 15.7. The summed E-state index contributed by atoms with van der Waals surface area (Å²) in [7, 11) is 0. The average molecular weight is 296 g/mol. The standard InChI is InChI=1S/C15H21FN2O3/c16-13-2-4-14(5-3-13)21-12-15(20)18-7-1-6-17(8-9-18)10-11-19/h2-5,19H,1,6-12H2. The number of halogens is 1. The Morgan fingerprint density at radius 3 is 2.67 bits per heavy atom. The van der Waals surface area contributed by atoms with Gasteiger partial charge >= 0.3 is 0 Å². The zero-order valence-corrected chi connectivity index (χ0v) is 12.0. The minimum Gasteiger partial charge on any atom is -0.484 e. The van der Waals surface area contributed by atoms with Crippen LogP contribution in [0.25, 0.3) is 0 Å². The van der Waals surface area contributed by atoms with Crippen LogP contribution in [0.5, 0.6) is 5.75 Å². The number of β-amino-alcohol motifs (C(OH)–C–C–N with tert-alkyl or cyclic N) is 1. The van der Waals surface area contributed by atoms with E-state index in [2.05, 4.69) is 4.90 Å². The lowest BCUT2D eigenvalue weighted by Gasteiger charge is -2.21. The molecule has 0 atom stereocenters. The van der Waals surface area contributed by atoms with E-state index in [1.54, 1.807) is 4.90 Å². The fourth-order valence-corrected chi connectivity index (χ4v) is 2.35. The molecular formula is C15H21FN2O3. The van der Waals surface area contributed by atoms with E-state index >= 15 is 0 Å². The van der Waals surface area contributed by atoms with E-state index in [4.69, 9.17) is 9.84 Å². The molecule has 1 aliphatic heterocycles. The van der Waals surface area contributed by atoms with Gasteiger partial charge in [0.05, 0.1) is 6.61 Å². The molecule has 6 heteroatoms. The van der Waals surface area contributed by atoms with E-state index in [9.17, 15) is 9.18 Å². The fourth-order valence-electron chi connectivity index (χ4n) is 2.35. The number of benzene rings is 1. The summed E-state index contributed by atoms with van der Waals surface area (Å²) >= 11 is 0. The van der Waals surface area contributed by atoms with Crippen molar-refractivity contribution in [3.8, 4) is 5.75 Å². The number of rotatable bonds is 5. The van der Waals surface area contributed by atoms with Gasteiger partial charge in [-0.05, 0) is 37.2 Å². The minimum atomic E-state index is -0.329. The summed E-state index contributed by atoms with van der Waals surface area (Å²) in [6.45, 7) is 3.76. The van der Waals surface area contributed by atoms with Crippen LogP contribution in [0.2, 0.25) is 0 Å². The fraction of sp³-hybridized carbons (Fsp3) is 0.533. The first-order valence-corrected chi connectivity index (χ1v) is 7.18. The van der Waals surface area contributed by atoms with Gasteiger partial charge in [0.25, 0.3) is 5.91 Å². The van der Waals surface area contributed by atoms with Crippen molar-refractivity contribution in [3.05, 3.63) is 30.1 Å². The summed E-state index contributed by atoms with van der Waals surface area (Å²) < 4.78 is 18.1. The average Bonchev–Trinajstić information content (AvgIpc) is 2.72.